The second-order valence-corrected chi connectivity index (χ2v) is 7.80. The van der Waals surface area contributed by atoms with Crippen molar-refractivity contribution in [2.75, 3.05) is 37.9 Å². The number of hydrogen-bond donors (Lipinski definition) is 3. The van der Waals surface area contributed by atoms with E-state index in [0.29, 0.717) is 23.8 Å². The summed E-state index contributed by atoms with van der Waals surface area (Å²) in [4.78, 5) is 29.2. The molecule has 0 saturated carbocycles. The van der Waals surface area contributed by atoms with Crippen molar-refractivity contribution in [3.63, 3.8) is 0 Å². The average molecular weight is 450 g/mol. The van der Waals surface area contributed by atoms with Gasteiger partial charge in [0.25, 0.3) is 5.91 Å². The summed E-state index contributed by atoms with van der Waals surface area (Å²) in [7, 11) is 3.24. The van der Waals surface area contributed by atoms with Gasteiger partial charge in [-0.15, -0.1) is 0 Å². The fourth-order valence-corrected chi connectivity index (χ4v) is 3.44. The largest absolute Gasteiger partial charge is 0.496 e. The number of ether oxygens (including phenoxy) is 1. The molecular weight excluding hydrogens is 418 g/mol. The zero-order chi connectivity index (χ0) is 23.8. The van der Waals surface area contributed by atoms with E-state index in [2.05, 4.69) is 49.7 Å². The molecule has 9 nitrogen and oxygen atoms in total. The van der Waals surface area contributed by atoms with Gasteiger partial charge in [0.15, 0.2) is 0 Å². The predicted molar refractivity (Wildman–Crippen MR) is 130 cm³/mol. The Balaban J connectivity index is 1.67. The number of amides is 1. The molecule has 3 rings (SSSR count). The van der Waals surface area contributed by atoms with Gasteiger partial charge < -0.3 is 20.7 Å². The van der Waals surface area contributed by atoms with Crippen LogP contribution in [0.25, 0.3) is 11.3 Å². The van der Waals surface area contributed by atoms with Crippen LogP contribution in [0.3, 0.4) is 0 Å². The van der Waals surface area contributed by atoms with E-state index in [0.717, 1.165) is 29.2 Å². The minimum atomic E-state index is -0.136. The Morgan fingerprint density at radius 3 is 2.48 bits per heavy atom. The number of methoxy groups -OCH3 is 1. The van der Waals surface area contributed by atoms with Crippen LogP contribution in [0.4, 0.5) is 11.8 Å². The molecule has 1 unspecified atom stereocenters. The Labute approximate surface area is 194 Å². The lowest BCUT2D eigenvalue weighted by Gasteiger charge is -2.23. The highest BCUT2D eigenvalue weighted by molar-refractivity contribution is 5.94. The molecule has 0 fully saturated rings. The zero-order valence-corrected chi connectivity index (χ0v) is 19.7. The summed E-state index contributed by atoms with van der Waals surface area (Å²) in [6, 6.07) is 7.46. The third-order valence-electron chi connectivity index (χ3n) is 5.62. The van der Waals surface area contributed by atoms with Gasteiger partial charge in [-0.1, -0.05) is 19.9 Å². The van der Waals surface area contributed by atoms with Crippen LogP contribution >= 0.6 is 0 Å². The van der Waals surface area contributed by atoms with E-state index in [-0.39, 0.29) is 17.7 Å². The lowest BCUT2D eigenvalue weighted by Crippen LogP contribution is -2.20. The fraction of sp³-hybridized carbons (Fsp3) is 0.375. The molecule has 0 aliphatic heterocycles. The van der Waals surface area contributed by atoms with Crippen LogP contribution in [-0.2, 0) is 0 Å². The van der Waals surface area contributed by atoms with Crippen molar-refractivity contribution < 1.29 is 9.53 Å². The molecule has 0 spiro atoms. The summed E-state index contributed by atoms with van der Waals surface area (Å²) >= 11 is 0. The summed E-state index contributed by atoms with van der Waals surface area (Å²) < 4.78 is 5.57. The van der Waals surface area contributed by atoms with Crippen molar-refractivity contribution >= 4 is 17.7 Å². The molecule has 9 heteroatoms. The summed E-state index contributed by atoms with van der Waals surface area (Å²) in [6.07, 6.45) is 5.03. The smallest absolute Gasteiger partial charge is 0.251 e. The second-order valence-electron chi connectivity index (χ2n) is 7.80. The first-order valence-electron chi connectivity index (χ1n) is 11.0. The second kappa shape index (κ2) is 11.2. The number of benzene rings is 1. The quantitative estimate of drug-likeness (QED) is 0.430. The first-order valence-corrected chi connectivity index (χ1v) is 11.0. The summed E-state index contributed by atoms with van der Waals surface area (Å²) in [5, 5.41) is 9.12. The number of nitrogens with zero attached hydrogens (tertiary/aromatic N) is 4. The van der Waals surface area contributed by atoms with Gasteiger partial charge in [-0.05, 0) is 36.5 Å². The Kier molecular flexibility index (Phi) is 8.12. The number of nitrogens with one attached hydrogen (secondary N) is 3. The minimum absolute atomic E-state index is 0.136. The average Bonchev–Trinajstić information content (AvgIpc) is 2.86. The first-order chi connectivity index (χ1) is 16.0. The molecule has 0 saturated heterocycles. The van der Waals surface area contributed by atoms with Crippen LogP contribution in [0.15, 0.2) is 43.0 Å². The molecule has 33 heavy (non-hydrogen) atoms. The highest BCUT2D eigenvalue weighted by Gasteiger charge is 2.20. The maximum Gasteiger partial charge on any atom is 0.251 e. The number of anilines is 2. The monoisotopic (exact) mass is 449 g/mol. The normalized spacial score (nSPS) is 12.5. The lowest BCUT2D eigenvalue weighted by atomic mass is 9.87. The van der Waals surface area contributed by atoms with Crippen molar-refractivity contribution in [3.8, 4) is 17.0 Å². The molecule has 2 atom stereocenters. The molecule has 2 aromatic heterocycles. The molecule has 0 radical (unpaired) electrons. The maximum absolute atomic E-state index is 11.9. The van der Waals surface area contributed by atoms with E-state index in [1.807, 2.05) is 25.1 Å². The van der Waals surface area contributed by atoms with Crippen molar-refractivity contribution in [1.82, 2.24) is 25.3 Å². The van der Waals surface area contributed by atoms with Crippen molar-refractivity contribution in [2.24, 2.45) is 5.92 Å². The molecule has 0 aliphatic carbocycles. The van der Waals surface area contributed by atoms with Crippen molar-refractivity contribution in [1.29, 1.82) is 0 Å². The summed E-state index contributed by atoms with van der Waals surface area (Å²) in [5.74, 6) is 2.36. The van der Waals surface area contributed by atoms with Gasteiger partial charge in [0, 0.05) is 49.7 Å². The van der Waals surface area contributed by atoms with E-state index in [4.69, 9.17) is 4.74 Å². The van der Waals surface area contributed by atoms with Crippen LogP contribution < -0.4 is 20.7 Å². The van der Waals surface area contributed by atoms with Gasteiger partial charge in [-0.25, -0.2) is 19.9 Å². The molecule has 1 aromatic carbocycles. The van der Waals surface area contributed by atoms with Crippen LogP contribution in [0, 0.1) is 5.92 Å². The predicted octanol–water partition coefficient (Wildman–Crippen LogP) is 3.59. The van der Waals surface area contributed by atoms with Gasteiger partial charge in [0.05, 0.1) is 12.8 Å². The number of carbonyl (C=O) groups excluding carboxylic acids is 1. The topological polar surface area (TPSA) is 114 Å². The number of carbonyl (C=O) groups is 1. The third kappa shape index (κ3) is 5.94. The highest BCUT2D eigenvalue weighted by Crippen LogP contribution is 2.32. The van der Waals surface area contributed by atoms with Crippen LogP contribution in [0.1, 0.15) is 42.6 Å². The van der Waals surface area contributed by atoms with E-state index in [1.165, 1.54) is 6.33 Å². The molecular formula is C24H31N7O2. The van der Waals surface area contributed by atoms with Crippen LogP contribution in [0.2, 0.25) is 0 Å². The van der Waals surface area contributed by atoms with Gasteiger partial charge in [-0.2, -0.15) is 0 Å². The number of aromatic nitrogens is 4. The van der Waals surface area contributed by atoms with E-state index < -0.39 is 0 Å². The molecule has 174 valence electrons. The Bertz CT molecular complexity index is 1070. The Morgan fingerprint density at radius 1 is 1.06 bits per heavy atom. The Morgan fingerprint density at radius 2 is 1.82 bits per heavy atom. The maximum atomic E-state index is 11.9. The standard InChI is InChI=1S/C24H31N7O2/c1-6-26-24-28-12-18(13-29-24)20-10-22(31-14-30-20)27-11-15(2)16(3)19-8-7-17(23(32)25-4)9-21(19)33-5/h7-10,12-16H,6,11H2,1-5H3,(H,25,32)(H,26,28,29)(H,27,30,31)/t15-,16?/m1/s1. The first kappa shape index (κ1) is 23.9. The van der Waals surface area contributed by atoms with Crippen molar-refractivity contribution in [2.45, 2.75) is 26.7 Å². The fourth-order valence-electron chi connectivity index (χ4n) is 3.44. The molecule has 2 heterocycles. The minimum Gasteiger partial charge on any atom is -0.496 e. The Hall–Kier alpha value is -3.75. The van der Waals surface area contributed by atoms with E-state index >= 15 is 0 Å². The highest BCUT2D eigenvalue weighted by atomic mass is 16.5. The van der Waals surface area contributed by atoms with Gasteiger partial charge in [0.1, 0.15) is 17.9 Å². The molecule has 0 aliphatic rings. The SMILES string of the molecule is CCNc1ncc(-c2cc(NC[C@@H](C)C(C)c3ccc(C(=O)NC)cc3OC)ncn2)cn1. The molecule has 0 bridgehead atoms. The van der Waals surface area contributed by atoms with E-state index in [9.17, 15) is 4.79 Å². The molecule has 1 amide bonds. The van der Waals surface area contributed by atoms with Crippen molar-refractivity contribution in [3.05, 3.63) is 54.1 Å². The molecule has 3 N–H and O–H groups in total. The van der Waals surface area contributed by atoms with E-state index in [1.54, 1.807) is 32.6 Å². The molecule has 3 aromatic rings. The third-order valence-corrected chi connectivity index (χ3v) is 5.62. The summed E-state index contributed by atoms with van der Waals surface area (Å²) in [5.41, 5.74) is 3.21. The van der Waals surface area contributed by atoms with Crippen LogP contribution in [0.5, 0.6) is 5.75 Å². The lowest BCUT2D eigenvalue weighted by molar-refractivity contribution is 0.0962. The van der Waals surface area contributed by atoms with Gasteiger partial charge in [0.2, 0.25) is 5.95 Å². The van der Waals surface area contributed by atoms with Crippen LogP contribution in [-0.4, -0.2) is 53.1 Å². The van der Waals surface area contributed by atoms with Gasteiger partial charge in [-0.3, -0.25) is 4.79 Å². The number of rotatable bonds is 10. The number of hydrogen-bond acceptors (Lipinski definition) is 8. The summed E-state index contributed by atoms with van der Waals surface area (Å²) in [6.45, 7) is 7.78. The van der Waals surface area contributed by atoms with Gasteiger partial charge >= 0.3 is 0 Å². The zero-order valence-electron chi connectivity index (χ0n) is 19.7.